The van der Waals surface area contributed by atoms with E-state index < -0.39 is 10.0 Å². The van der Waals surface area contributed by atoms with Gasteiger partial charge in [0.1, 0.15) is 0 Å². The topological polar surface area (TPSA) is 58.2 Å². The first-order valence-electron chi connectivity index (χ1n) is 6.62. The van der Waals surface area contributed by atoms with Gasteiger partial charge in [-0.15, -0.1) is 11.3 Å². The van der Waals surface area contributed by atoms with Gasteiger partial charge >= 0.3 is 0 Å². The third kappa shape index (κ3) is 4.02. The molecular weight excluding hydrogens is 280 g/mol. The lowest BCUT2D eigenvalue weighted by Crippen LogP contribution is -2.30. The highest BCUT2D eigenvalue weighted by Gasteiger charge is 2.38. The fraction of sp³-hybridized carbons (Fsp3) is 0.692. The molecular formula is C13H22N2O2S2. The van der Waals surface area contributed by atoms with E-state index in [1.54, 1.807) is 6.07 Å². The van der Waals surface area contributed by atoms with Crippen molar-refractivity contribution in [2.24, 2.45) is 5.41 Å². The minimum atomic E-state index is -3.37. The summed E-state index contributed by atoms with van der Waals surface area (Å²) in [5.41, 5.74) is 0.180. The fourth-order valence-corrected chi connectivity index (χ4v) is 4.32. The minimum Gasteiger partial charge on any atom is -0.310 e. The molecule has 0 radical (unpaired) electrons. The summed E-state index contributed by atoms with van der Waals surface area (Å²) < 4.78 is 27.3. The van der Waals surface area contributed by atoms with Crippen LogP contribution in [0.1, 0.15) is 38.5 Å². The van der Waals surface area contributed by atoms with Gasteiger partial charge in [0, 0.05) is 24.0 Å². The van der Waals surface area contributed by atoms with Crippen LogP contribution in [0.15, 0.2) is 16.3 Å². The second kappa shape index (κ2) is 5.52. The first kappa shape index (κ1) is 15.0. The minimum absolute atomic E-state index is 0.180. The van der Waals surface area contributed by atoms with Gasteiger partial charge in [0.05, 0.1) is 4.90 Å². The van der Waals surface area contributed by atoms with Gasteiger partial charge in [-0.25, -0.2) is 13.1 Å². The van der Waals surface area contributed by atoms with Gasteiger partial charge in [0.25, 0.3) is 0 Å². The van der Waals surface area contributed by atoms with E-state index in [1.807, 2.05) is 19.2 Å². The molecule has 1 aromatic heterocycles. The molecule has 1 aromatic rings. The maximum Gasteiger partial charge on any atom is 0.241 e. The Balaban J connectivity index is 2.05. The van der Waals surface area contributed by atoms with E-state index in [4.69, 9.17) is 0 Å². The maximum atomic E-state index is 12.3. The number of hydrogen-bond acceptors (Lipinski definition) is 4. The molecule has 2 N–H and O–H groups in total. The van der Waals surface area contributed by atoms with Gasteiger partial charge in [0.15, 0.2) is 0 Å². The molecule has 6 heteroatoms. The second-order valence-electron chi connectivity index (χ2n) is 5.88. The summed E-state index contributed by atoms with van der Waals surface area (Å²) in [4.78, 5) is 1.30. The molecule has 1 heterocycles. The van der Waals surface area contributed by atoms with Crippen molar-refractivity contribution in [2.45, 2.75) is 51.1 Å². The summed E-state index contributed by atoms with van der Waals surface area (Å²) in [5, 5.41) is 5.10. The van der Waals surface area contributed by atoms with Crippen molar-refractivity contribution in [3.63, 3.8) is 0 Å². The Bertz CT molecular complexity index is 531. The van der Waals surface area contributed by atoms with Crippen LogP contribution in [0.4, 0.5) is 0 Å². The molecule has 1 fully saturated rings. The van der Waals surface area contributed by atoms with Gasteiger partial charge in [-0.2, -0.15) is 0 Å². The molecule has 0 aromatic carbocycles. The van der Waals surface area contributed by atoms with Crippen molar-refractivity contribution in [1.82, 2.24) is 10.0 Å². The third-order valence-corrected chi connectivity index (χ3v) is 5.99. The Morgan fingerprint density at radius 3 is 2.68 bits per heavy atom. The Kier molecular flexibility index (Phi) is 4.35. The van der Waals surface area contributed by atoms with E-state index >= 15 is 0 Å². The van der Waals surface area contributed by atoms with Gasteiger partial charge in [0.2, 0.25) is 10.0 Å². The Morgan fingerprint density at radius 1 is 1.42 bits per heavy atom. The Morgan fingerprint density at radius 2 is 2.11 bits per heavy atom. The van der Waals surface area contributed by atoms with Gasteiger partial charge in [-0.05, 0) is 29.7 Å². The van der Waals surface area contributed by atoms with E-state index in [0.717, 1.165) is 17.7 Å². The third-order valence-electron chi connectivity index (χ3n) is 3.46. The van der Waals surface area contributed by atoms with Gasteiger partial charge in [-0.1, -0.05) is 20.8 Å². The molecule has 0 spiro atoms. The largest absolute Gasteiger partial charge is 0.310 e. The Hall–Kier alpha value is -0.430. The summed E-state index contributed by atoms with van der Waals surface area (Å²) in [6, 6.07) is 2.04. The van der Waals surface area contributed by atoms with E-state index in [2.05, 4.69) is 17.0 Å². The standard InChI is InChI=1S/C13H22N2O2S2/c1-10(2)14-8-11-12(4-7-18-11)19(16,17)15-9-13(3)5-6-13/h4,7,10,14-15H,5-6,8-9H2,1-3H3. The molecule has 4 nitrogen and oxygen atoms in total. The molecule has 19 heavy (non-hydrogen) atoms. The molecule has 0 unspecified atom stereocenters. The molecule has 0 aliphatic heterocycles. The number of hydrogen-bond donors (Lipinski definition) is 2. The number of sulfonamides is 1. The number of nitrogens with one attached hydrogen (secondary N) is 2. The summed E-state index contributed by atoms with van der Waals surface area (Å²) in [7, 11) is -3.37. The lowest BCUT2D eigenvalue weighted by Gasteiger charge is -2.12. The van der Waals surface area contributed by atoms with Crippen molar-refractivity contribution in [1.29, 1.82) is 0 Å². The predicted octanol–water partition coefficient (Wildman–Crippen LogP) is 2.32. The van der Waals surface area contributed by atoms with E-state index in [0.29, 0.717) is 24.0 Å². The molecule has 0 amide bonds. The highest BCUT2D eigenvalue weighted by atomic mass is 32.2. The molecule has 0 saturated heterocycles. The summed E-state index contributed by atoms with van der Waals surface area (Å²) >= 11 is 1.49. The van der Waals surface area contributed by atoms with Crippen LogP contribution in [-0.4, -0.2) is 21.0 Å². The molecule has 108 valence electrons. The highest BCUT2D eigenvalue weighted by Crippen LogP contribution is 2.44. The Labute approximate surface area is 119 Å². The summed E-state index contributed by atoms with van der Waals surface area (Å²) in [6.45, 7) is 7.36. The fourth-order valence-electron chi connectivity index (χ4n) is 1.73. The van der Waals surface area contributed by atoms with Crippen LogP contribution in [-0.2, 0) is 16.6 Å². The van der Waals surface area contributed by atoms with Crippen molar-refractivity contribution in [2.75, 3.05) is 6.54 Å². The lowest BCUT2D eigenvalue weighted by molar-refractivity contribution is 0.529. The van der Waals surface area contributed by atoms with E-state index in [1.165, 1.54) is 11.3 Å². The highest BCUT2D eigenvalue weighted by molar-refractivity contribution is 7.89. The van der Waals surface area contributed by atoms with Gasteiger partial charge in [-0.3, -0.25) is 0 Å². The van der Waals surface area contributed by atoms with Crippen molar-refractivity contribution < 1.29 is 8.42 Å². The lowest BCUT2D eigenvalue weighted by atomic mass is 10.2. The van der Waals surface area contributed by atoms with Crippen LogP contribution in [0.3, 0.4) is 0 Å². The molecule has 1 aliphatic carbocycles. The SMILES string of the molecule is CC(C)NCc1sccc1S(=O)(=O)NCC1(C)CC1. The van der Waals surface area contributed by atoms with Crippen molar-refractivity contribution >= 4 is 21.4 Å². The molecule has 1 aliphatic rings. The average molecular weight is 302 g/mol. The normalized spacial score (nSPS) is 17.9. The average Bonchev–Trinajstić information content (AvgIpc) is 2.89. The molecule has 2 rings (SSSR count). The molecule has 1 saturated carbocycles. The monoisotopic (exact) mass is 302 g/mol. The smallest absolute Gasteiger partial charge is 0.241 e. The van der Waals surface area contributed by atoms with Crippen LogP contribution in [0.5, 0.6) is 0 Å². The second-order valence-corrected chi connectivity index (χ2v) is 8.61. The molecule has 0 bridgehead atoms. The van der Waals surface area contributed by atoms with Crippen LogP contribution >= 0.6 is 11.3 Å². The van der Waals surface area contributed by atoms with Crippen molar-refractivity contribution in [3.05, 3.63) is 16.3 Å². The predicted molar refractivity (Wildman–Crippen MR) is 78.8 cm³/mol. The van der Waals surface area contributed by atoms with E-state index in [-0.39, 0.29) is 5.41 Å². The first-order valence-corrected chi connectivity index (χ1v) is 8.98. The van der Waals surface area contributed by atoms with Crippen LogP contribution < -0.4 is 10.0 Å². The zero-order valence-corrected chi connectivity index (χ0v) is 13.3. The molecule has 0 atom stereocenters. The zero-order chi connectivity index (χ0) is 14.1. The number of thiophene rings is 1. The number of rotatable bonds is 7. The first-order chi connectivity index (χ1) is 8.82. The zero-order valence-electron chi connectivity index (χ0n) is 11.7. The maximum absolute atomic E-state index is 12.3. The van der Waals surface area contributed by atoms with Crippen molar-refractivity contribution in [3.8, 4) is 0 Å². The quantitative estimate of drug-likeness (QED) is 0.812. The van der Waals surface area contributed by atoms with Crippen LogP contribution in [0.2, 0.25) is 0 Å². The van der Waals surface area contributed by atoms with Crippen LogP contribution in [0.25, 0.3) is 0 Å². The van der Waals surface area contributed by atoms with E-state index in [9.17, 15) is 8.42 Å². The van der Waals surface area contributed by atoms with Crippen LogP contribution in [0, 0.1) is 5.41 Å². The summed E-state index contributed by atoms with van der Waals surface area (Å²) in [5.74, 6) is 0. The summed E-state index contributed by atoms with van der Waals surface area (Å²) in [6.07, 6.45) is 2.22. The van der Waals surface area contributed by atoms with Gasteiger partial charge < -0.3 is 5.32 Å².